The molecule has 51 heavy (non-hydrogen) atoms. The summed E-state index contributed by atoms with van der Waals surface area (Å²) < 4.78 is 32.7. The normalized spacial score (nSPS) is 11.8. The highest BCUT2D eigenvalue weighted by Crippen LogP contribution is 2.50. The molecule has 0 aromatic heterocycles. The van der Waals surface area contributed by atoms with Gasteiger partial charge in [-0.25, -0.2) is 0 Å². The van der Waals surface area contributed by atoms with E-state index in [9.17, 15) is 10.1 Å². The average Bonchev–Trinajstić information content (AvgIpc) is 3.05. The number of hydrogen-bond acceptors (Lipinski definition) is 4. The SMILES string of the molecule is Cc1cc(C)cc(P(=O)(c2cc(C)cc(C)c2)c2ccccc2-c2cc([N+](=O)[O-])ccc2P(=O)(c2cc(C)cc(C)c2)c2cc(C)cc(C)c2)c1. The highest BCUT2D eigenvalue weighted by atomic mass is 31.2. The number of nitro groups is 1. The van der Waals surface area contributed by atoms with Gasteiger partial charge in [0.15, 0.2) is 14.3 Å². The van der Waals surface area contributed by atoms with Gasteiger partial charge in [0.1, 0.15) is 0 Å². The van der Waals surface area contributed by atoms with E-state index in [1.807, 2.05) is 140 Å². The third kappa shape index (κ3) is 6.81. The smallest absolute Gasteiger partial charge is 0.270 e. The van der Waals surface area contributed by atoms with E-state index in [0.29, 0.717) is 43.0 Å². The first-order chi connectivity index (χ1) is 24.1. The fraction of sp³-hybridized carbons (Fsp3) is 0.182. The molecule has 0 saturated heterocycles. The van der Waals surface area contributed by atoms with Crippen molar-refractivity contribution in [1.29, 1.82) is 0 Å². The summed E-state index contributed by atoms with van der Waals surface area (Å²) >= 11 is 0. The van der Waals surface area contributed by atoms with Gasteiger partial charge in [0.25, 0.3) is 5.69 Å². The molecule has 0 heterocycles. The van der Waals surface area contributed by atoms with Gasteiger partial charge in [-0.05, 0) is 116 Å². The van der Waals surface area contributed by atoms with E-state index < -0.39 is 19.2 Å². The van der Waals surface area contributed by atoms with Gasteiger partial charge in [0, 0.05) is 49.5 Å². The Kier molecular flexibility index (Phi) is 9.68. The highest BCUT2D eigenvalue weighted by molar-refractivity contribution is 7.86. The first-order valence-corrected chi connectivity index (χ1v) is 20.5. The van der Waals surface area contributed by atoms with Crippen molar-refractivity contribution in [3.05, 3.63) is 170 Å². The third-order valence-corrected chi connectivity index (χ3v) is 15.4. The predicted octanol–water partition coefficient (Wildman–Crippen LogP) is 9.01. The van der Waals surface area contributed by atoms with Crippen LogP contribution in [0.15, 0.2) is 115 Å². The molecule has 0 radical (unpaired) electrons. The molecule has 0 aliphatic carbocycles. The molecule has 0 saturated carbocycles. The minimum absolute atomic E-state index is 0.136. The minimum atomic E-state index is -3.70. The summed E-state index contributed by atoms with van der Waals surface area (Å²) in [5.41, 5.74) is 8.63. The molecular weight excluding hydrogens is 668 g/mol. The molecule has 7 heteroatoms. The lowest BCUT2D eigenvalue weighted by Crippen LogP contribution is -2.30. The molecule has 0 spiro atoms. The Bertz CT molecular complexity index is 2270. The van der Waals surface area contributed by atoms with Gasteiger partial charge >= 0.3 is 0 Å². The van der Waals surface area contributed by atoms with Crippen LogP contribution in [0, 0.1) is 65.5 Å². The van der Waals surface area contributed by atoms with Crippen LogP contribution in [0.5, 0.6) is 0 Å². The largest absolute Gasteiger partial charge is 0.309 e. The Morgan fingerprint density at radius 3 is 1.06 bits per heavy atom. The van der Waals surface area contributed by atoms with E-state index in [4.69, 9.17) is 0 Å². The summed E-state index contributed by atoms with van der Waals surface area (Å²) in [4.78, 5) is 12.0. The zero-order valence-corrected chi connectivity index (χ0v) is 32.2. The van der Waals surface area contributed by atoms with Gasteiger partial charge in [-0.15, -0.1) is 0 Å². The van der Waals surface area contributed by atoms with Crippen LogP contribution in [0.25, 0.3) is 11.1 Å². The van der Waals surface area contributed by atoms with Gasteiger partial charge in [-0.2, -0.15) is 0 Å². The molecular formula is C44H43NO4P2. The summed E-state index contributed by atoms with van der Waals surface area (Å²) in [6.07, 6.45) is 0. The van der Waals surface area contributed by atoms with Crippen LogP contribution in [0.3, 0.4) is 0 Å². The van der Waals surface area contributed by atoms with Crippen LogP contribution in [-0.2, 0) is 9.13 Å². The van der Waals surface area contributed by atoms with Crippen molar-refractivity contribution in [2.75, 3.05) is 0 Å². The maximum Gasteiger partial charge on any atom is 0.270 e. The first-order valence-electron chi connectivity index (χ1n) is 17.0. The predicted molar refractivity (Wildman–Crippen MR) is 215 cm³/mol. The number of nitrogens with zero attached hydrogens (tertiary/aromatic N) is 1. The summed E-state index contributed by atoms with van der Waals surface area (Å²) in [5, 5.41) is 16.1. The Balaban J connectivity index is 1.78. The van der Waals surface area contributed by atoms with Crippen LogP contribution in [0.2, 0.25) is 0 Å². The number of rotatable bonds is 8. The molecule has 258 valence electrons. The highest BCUT2D eigenvalue weighted by Gasteiger charge is 2.38. The number of benzene rings is 6. The molecule has 0 aliphatic rings. The van der Waals surface area contributed by atoms with Crippen molar-refractivity contribution in [2.24, 2.45) is 0 Å². The molecule has 0 unspecified atom stereocenters. The van der Waals surface area contributed by atoms with Crippen molar-refractivity contribution < 1.29 is 14.1 Å². The first kappa shape index (κ1) is 36.0. The fourth-order valence-electron chi connectivity index (χ4n) is 7.49. The minimum Gasteiger partial charge on any atom is -0.309 e. The van der Waals surface area contributed by atoms with E-state index in [1.165, 1.54) is 12.1 Å². The van der Waals surface area contributed by atoms with Crippen LogP contribution >= 0.6 is 14.3 Å². The molecule has 0 amide bonds. The number of nitro benzene ring substituents is 1. The lowest BCUT2D eigenvalue weighted by Gasteiger charge is -2.27. The quantitative estimate of drug-likeness (QED) is 0.0898. The second-order valence-corrected chi connectivity index (χ2v) is 19.5. The average molecular weight is 712 g/mol. The zero-order chi connectivity index (χ0) is 36.8. The van der Waals surface area contributed by atoms with E-state index >= 15 is 9.13 Å². The molecule has 5 nitrogen and oxygen atoms in total. The zero-order valence-electron chi connectivity index (χ0n) is 30.4. The Morgan fingerprint density at radius 1 is 0.412 bits per heavy atom. The second kappa shape index (κ2) is 13.7. The van der Waals surface area contributed by atoms with Crippen molar-refractivity contribution in [3.63, 3.8) is 0 Å². The van der Waals surface area contributed by atoms with Gasteiger partial charge in [0.2, 0.25) is 0 Å². The Morgan fingerprint density at radius 2 is 0.725 bits per heavy atom. The fourth-order valence-corrected chi connectivity index (χ4v) is 13.9. The number of aryl methyl sites for hydroxylation is 8. The monoisotopic (exact) mass is 711 g/mol. The van der Waals surface area contributed by atoms with E-state index in [2.05, 4.69) is 12.1 Å². The third-order valence-electron chi connectivity index (χ3n) is 9.34. The van der Waals surface area contributed by atoms with Gasteiger partial charge in [-0.1, -0.05) is 93.0 Å². The summed E-state index contributed by atoms with van der Waals surface area (Å²) in [5.74, 6) is 0. The van der Waals surface area contributed by atoms with Crippen molar-refractivity contribution in [1.82, 2.24) is 0 Å². The van der Waals surface area contributed by atoms with E-state index in [-0.39, 0.29) is 5.69 Å². The Labute approximate surface area is 301 Å². The van der Waals surface area contributed by atoms with Crippen LogP contribution in [0.4, 0.5) is 5.69 Å². The molecule has 0 atom stereocenters. The molecule has 6 aromatic rings. The van der Waals surface area contributed by atoms with E-state index in [1.54, 1.807) is 6.07 Å². The lowest BCUT2D eigenvalue weighted by atomic mass is 10.0. The second-order valence-electron chi connectivity index (χ2n) is 14.1. The molecule has 0 N–H and O–H groups in total. The maximum absolute atomic E-state index is 16.3. The van der Waals surface area contributed by atoms with Crippen molar-refractivity contribution in [3.8, 4) is 11.1 Å². The van der Waals surface area contributed by atoms with Crippen molar-refractivity contribution in [2.45, 2.75) is 55.4 Å². The van der Waals surface area contributed by atoms with Gasteiger partial charge in [-0.3, -0.25) is 10.1 Å². The molecule has 6 aromatic carbocycles. The molecule has 0 fully saturated rings. The van der Waals surface area contributed by atoms with Crippen LogP contribution in [-0.4, -0.2) is 4.92 Å². The van der Waals surface area contributed by atoms with E-state index in [0.717, 1.165) is 44.5 Å². The summed E-state index contributed by atoms with van der Waals surface area (Å²) in [7, 11) is -7.33. The molecule has 6 rings (SSSR count). The van der Waals surface area contributed by atoms with Crippen LogP contribution < -0.4 is 31.8 Å². The van der Waals surface area contributed by atoms with Gasteiger partial charge in [0.05, 0.1) is 4.92 Å². The number of non-ortho nitro benzene ring substituents is 1. The summed E-state index contributed by atoms with van der Waals surface area (Å²) in [6.45, 7) is 15.9. The Hall–Kier alpha value is -4.82. The van der Waals surface area contributed by atoms with Crippen molar-refractivity contribution >= 4 is 51.8 Å². The molecule has 0 aliphatic heterocycles. The van der Waals surface area contributed by atoms with Gasteiger partial charge < -0.3 is 9.13 Å². The maximum atomic E-state index is 16.3. The lowest BCUT2D eigenvalue weighted by molar-refractivity contribution is -0.384. The molecule has 0 bridgehead atoms. The number of hydrogen-bond donors (Lipinski definition) is 0. The summed E-state index contributed by atoms with van der Waals surface area (Å²) in [6, 6.07) is 36.0. The van der Waals surface area contributed by atoms with Crippen LogP contribution in [0.1, 0.15) is 44.5 Å². The standard InChI is InChI=1S/C44H43NO4P2/c1-28-15-29(2)20-37(19-28)50(48,38-21-30(3)16-31(4)22-38)43-12-10-9-11-41(43)42-27-36(45(46)47)13-14-44(42)51(49,39-23-32(5)17-33(6)24-39)40-25-34(7)18-35(8)26-40/h9-27H,1-8H3. The topological polar surface area (TPSA) is 77.3 Å².